The Morgan fingerprint density at radius 2 is 1.58 bits per heavy atom. The molecule has 0 heterocycles. The molecule has 0 saturated heterocycles. The lowest BCUT2D eigenvalue weighted by Gasteiger charge is -2.38. The van der Waals surface area contributed by atoms with E-state index in [1.54, 1.807) is 45.2 Å². The second-order valence-corrected chi connectivity index (χ2v) is 8.72. The van der Waals surface area contributed by atoms with Gasteiger partial charge in [-0.1, -0.05) is 0 Å². The first-order valence-corrected chi connectivity index (χ1v) is 9.79. The maximum atomic E-state index is 13.2. The number of anilines is 1. The van der Waals surface area contributed by atoms with Gasteiger partial charge in [-0.25, -0.2) is 8.42 Å². The smallest absolute Gasteiger partial charge is 0.421 e. The number of nitrogens with one attached hydrogen (secondary N) is 1. The summed E-state index contributed by atoms with van der Waals surface area (Å²) in [6.45, 7) is 0. The molecule has 1 amide bonds. The number of benzene rings is 1. The van der Waals surface area contributed by atoms with Gasteiger partial charge in [-0.15, -0.1) is 0 Å². The molecule has 0 unspecified atom stereocenters. The second kappa shape index (κ2) is 7.46. The SMILES string of the molecule is Nc1c(I)cc(I)cc1C(=O)NC(CS(=O)(=O)[O-])(C(F)(F)F)C(F)(F)F. The molecule has 3 N–H and O–H groups in total. The summed E-state index contributed by atoms with van der Waals surface area (Å²) in [5.74, 6) is -4.89. The quantitative estimate of drug-likeness (QED) is 0.230. The highest BCUT2D eigenvalue weighted by Crippen LogP contribution is 2.44. The fourth-order valence-electron chi connectivity index (χ4n) is 1.80. The van der Waals surface area contributed by atoms with Crippen molar-refractivity contribution in [2.24, 2.45) is 0 Å². The summed E-state index contributed by atoms with van der Waals surface area (Å²) in [7, 11) is -6.04. The lowest BCUT2D eigenvalue weighted by atomic mass is 9.99. The number of amides is 1. The van der Waals surface area contributed by atoms with Crippen molar-refractivity contribution >= 4 is 66.9 Å². The number of hydrogen-bond donors (Lipinski definition) is 2. The molecule has 0 saturated carbocycles. The average molecular weight is 631 g/mol. The maximum absolute atomic E-state index is 13.2. The zero-order valence-electron chi connectivity index (χ0n) is 12.0. The standard InChI is InChI=1S/C11H8F6I2N2O4S/c12-10(13,14)9(11(15,16)17,3-26(23,24)25)21-8(22)5-1-4(18)2-6(19)7(5)20/h1-2H,3,20H2,(H,21,22)(H,23,24,25)/p-1. The summed E-state index contributed by atoms with van der Waals surface area (Å²) in [5, 5.41) is 0.624. The third-order valence-corrected chi connectivity index (χ3v) is 5.33. The third-order valence-electron chi connectivity index (χ3n) is 3.03. The zero-order valence-corrected chi connectivity index (χ0v) is 17.1. The highest BCUT2D eigenvalue weighted by atomic mass is 127. The van der Waals surface area contributed by atoms with Gasteiger partial charge in [-0.2, -0.15) is 26.3 Å². The van der Waals surface area contributed by atoms with Crippen LogP contribution < -0.4 is 11.1 Å². The van der Waals surface area contributed by atoms with Crippen molar-refractivity contribution in [2.45, 2.75) is 17.9 Å². The Morgan fingerprint density at radius 1 is 1.12 bits per heavy atom. The van der Waals surface area contributed by atoms with E-state index in [0.29, 0.717) is 5.32 Å². The van der Waals surface area contributed by atoms with Gasteiger partial charge in [0.05, 0.1) is 27.1 Å². The molecule has 0 spiro atoms. The van der Waals surface area contributed by atoms with Crippen molar-refractivity contribution in [1.82, 2.24) is 5.32 Å². The van der Waals surface area contributed by atoms with Gasteiger partial charge in [-0.05, 0) is 57.3 Å². The molecule has 26 heavy (non-hydrogen) atoms. The van der Waals surface area contributed by atoms with E-state index >= 15 is 0 Å². The average Bonchev–Trinajstić information content (AvgIpc) is 2.37. The second-order valence-electron chi connectivity index (χ2n) is 4.91. The number of nitrogen functional groups attached to an aromatic ring is 1. The molecule has 1 rings (SSSR count). The fraction of sp³-hybridized carbons (Fsp3) is 0.364. The van der Waals surface area contributed by atoms with Crippen LogP contribution in [0.25, 0.3) is 0 Å². The molecule has 15 heteroatoms. The van der Waals surface area contributed by atoms with E-state index in [0.717, 1.165) is 6.07 Å². The first-order chi connectivity index (χ1) is 11.4. The first-order valence-electron chi connectivity index (χ1n) is 6.05. The zero-order chi connectivity index (χ0) is 20.7. The summed E-state index contributed by atoms with van der Waals surface area (Å²) in [6, 6.07) is 2.31. The van der Waals surface area contributed by atoms with Crippen LogP contribution >= 0.6 is 45.2 Å². The van der Waals surface area contributed by atoms with E-state index < -0.39 is 50.9 Å². The number of carbonyl (C=O) groups excluding carboxylic acids is 1. The van der Waals surface area contributed by atoms with Crippen molar-refractivity contribution in [3.63, 3.8) is 0 Å². The fourth-order valence-corrected chi connectivity index (χ4v) is 4.58. The predicted octanol–water partition coefficient (Wildman–Crippen LogP) is 2.62. The minimum absolute atomic E-state index is 0.167. The third kappa shape index (κ3) is 5.03. The minimum atomic E-state index is -6.33. The van der Waals surface area contributed by atoms with Crippen LogP contribution in [0, 0.1) is 7.14 Å². The molecule has 6 nitrogen and oxygen atoms in total. The Bertz CT molecular complexity index is 811. The largest absolute Gasteiger partial charge is 0.748 e. The van der Waals surface area contributed by atoms with Crippen molar-refractivity contribution in [1.29, 1.82) is 0 Å². The van der Waals surface area contributed by atoms with Crippen LogP contribution in [0.2, 0.25) is 0 Å². The van der Waals surface area contributed by atoms with Crippen molar-refractivity contribution in [2.75, 3.05) is 11.5 Å². The molecule has 0 aliphatic carbocycles. The molecule has 1 aromatic rings. The normalized spacial score (nSPS) is 13.6. The van der Waals surface area contributed by atoms with Gasteiger partial charge >= 0.3 is 12.4 Å². The van der Waals surface area contributed by atoms with E-state index in [1.807, 2.05) is 0 Å². The van der Waals surface area contributed by atoms with Gasteiger partial charge in [0.25, 0.3) is 5.91 Å². The van der Waals surface area contributed by atoms with E-state index in [4.69, 9.17) is 5.73 Å². The van der Waals surface area contributed by atoms with Gasteiger partial charge in [0.15, 0.2) is 0 Å². The van der Waals surface area contributed by atoms with Crippen LogP contribution in [0.3, 0.4) is 0 Å². The lowest BCUT2D eigenvalue weighted by Crippen LogP contribution is -2.70. The van der Waals surface area contributed by atoms with Crippen molar-refractivity contribution in [3.8, 4) is 0 Å². The summed E-state index contributed by atoms with van der Waals surface area (Å²) in [4.78, 5) is 12.1. The van der Waals surface area contributed by atoms with Crippen LogP contribution in [-0.4, -0.2) is 42.5 Å². The molecule has 0 atom stereocenters. The van der Waals surface area contributed by atoms with Crippen LogP contribution in [0.4, 0.5) is 32.0 Å². The highest BCUT2D eigenvalue weighted by Gasteiger charge is 2.72. The maximum Gasteiger partial charge on any atom is 0.421 e. The van der Waals surface area contributed by atoms with Crippen LogP contribution in [0.5, 0.6) is 0 Å². The lowest BCUT2D eigenvalue weighted by molar-refractivity contribution is -0.296. The summed E-state index contributed by atoms with van der Waals surface area (Å²) < 4.78 is 112. The van der Waals surface area contributed by atoms with E-state index in [9.17, 15) is 44.1 Å². The van der Waals surface area contributed by atoms with Gasteiger partial charge < -0.3 is 15.6 Å². The Hall–Kier alpha value is -0.560. The Morgan fingerprint density at radius 3 is 1.96 bits per heavy atom. The van der Waals surface area contributed by atoms with Gasteiger partial charge in [0.2, 0.25) is 5.54 Å². The number of halogens is 8. The number of carbonyl (C=O) groups is 1. The van der Waals surface area contributed by atoms with Crippen molar-refractivity contribution in [3.05, 3.63) is 24.8 Å². The summed E-state index contributed by atoms with van der Waals surface area (Å²) in [6.07, 6.45) is -12.7. The molecule has 148 valence electrons. The van der Waals surface area contributed by atoms with Crippen LogP contribution in [0.15, 0.2) is 12.1 Å². The summed E-state index contributed by atoms with van der Waals surface area (Å²) >= 11 is 3.24. The van der Waals surface area contributed by atoms with E-state index in [1.165, 1.54) is 6.07 Å². The van der Waals surface area contributed by atoms with Crippen LogP contribution in [-0.2, 0) is 10.1 Å². The number of rotatable bonds is 4. The predicted molar refractivity (Wildman–Crippen MR) is 93.2 cm³/mol. The van der Waals surface area contributed by atoms with Gasteiger partial charge in [0.1, 0.15) is 0 Å². The Balaban J connectivity index is 3.58. The number of nitrogens with two attached hydrogens (primary N) is 1. The molecule has 0 aliphatic rings. The molecule has 0 bridgehead atoms. The van der Waals surface area contributed by atoms with Gasteiger partial charge in [-0.3, -0.25) is 4.79 Å². The highest BCUT2D eigenvalue weighted by molar-refractivity contribution is 14.1. The molecule has 0 radical (unpaired) electrons. The number of hydrogen-bond acceptors (Lipinski definition) is 5. The first kappa shape index (κ1) is 23.5. The van der Waals surface area contributed by atoms with Crippen molar-refractivity contribution < 1.29 is 44.1 Å². The molecule has 0 fully saturated rings. The summed E-state index contributed by atoms with van der Waals surface area (Å²) in [5.41, 5.74) is -0.937. The minimum Gasteiger partial charge on any atom is -0.748 e. The number of alkyl halides is 6. The van der Waals surface area contributed by atoms with E-state index in [-0.39, 0.29) is 7.14 Å². The molecular formula is C11H7F6I2N2O4S-. The molecule has 1 aromatic carbocycles. The van der Waals surface area contributed by atoms with Crippen LogP contribution in [0.1, 0.15) is 10.4 Å². The van der Waals surface area contributed by atoms with Gasteiger partial charge in [0, 0.05) is 7.14 Å². The topological polar surface area (TPSA) is 112 Å². The Kier molecular flexibility index (Phi) is 6.73. The Labute approximate surface area is 169 Å². The molecular weight excluding hydrogens is 624 g/mol. The van der Waals surface area contributed by atoms with E-state index in [2.05, 4.69) is 0 Å². The molecule has 0 aliphatic heterocycles. The molecule has 0 aromatic heterocycles. The monoisotopic (exact) mass is 631 g/mol.